The molecule has 234 valence electrons. The number of carbonyl (C=O) groups excluding carboxylic acids is 3. The van der Waals surface area contributed by atoms with E-state index in [1.165, 1.54) is 12.8 Å². The Kier molecular flexibility index (Phi) is 11.4. The van der Waals surface area contributed by atoms with Gasteiger partial charge in [-0.05, 0) is 69.8 Å². The Morgan fingerprint density at radius 2 is 1.67 bits per heavy atom. The van der Waals surface area contributed by atoms with Gasteiger partial charge in [-0.1, -0.05) is 31.5 Å². The van der Waals surface area contributed by atoms with E-state index < -0.39 is 0 Å². The Labute approximate surface area is 254 Å². The predicted molar refractivity (Wildman–Crippen MR) is 169 cm³/mol. The Morgan fingerprint density at radius 3 is 2.33 bits per heavy atom. The van der Waals surface area contributed by atoms with Crippen molar-refractivity contribution >= 4 is 34.8 Å². The minimum atomic E-state index is -0.351. The molecule has 4 rings (SSSR count). The number of nitrogens with zero attached hydrogens (tertiary/aromatic N) is 2. The summed E-state index contributed by atoms with van der Waals surface area (Å²) in [6.07, 6.45) is 4.92. The molecule has 1 aliphatic heterocycles. The van der Waals surface area contributed by atoms with Gasteiger partial charge in [0, 0.05) is 38.4 Å². The maximum atomic E-state index is 13.7. The fraction of sp³-hybridized carbons (Fsp3) is 0.545. The highest BCUT2D eigenvalue weighted by Crippen LogP contribution is 2.36. The number of hydrogen-bond acceptors (Lipinski definition) is 7. The first-order chi connectivity index (χ1) is 20.7. The van der Waals surface area contributed by atoms with E-state index in [9.17, 15) is 19.5 Å². The summed E-state index contributed by atoms with van der Waals surface area (Å²) < 4.78 is 6.59. The number of rotatable bonds is 14. The summed E-state index contributed by atoms with van der Waals surface area (Å²) in [5, 5.41) is 15.7. The maximum absolute atomic E-state index is 13.7. The van der Waals surface area contributed by atoms with Crippen LogP contribution in [0.3, 0.4) is 0 Å². The standard InChI is InChI=1S/C33H47N5O5/c1-22-18-38(23(2)21-39)33(42)25-10-9-13-28(32(25)43-29(22)20-37(3)19-24-16-17-24)36-31(41)15-6-4-5-14-30(40)35-27-12-8-7-11-26(27)34/h7-13,22-24,29,39H,4-6,14-21,34H2,1-3H3,(H,35,40)(H,36,41)/t22-,23-,29+/m0/s1. The number of para-hydroxylation sites is 3. The molecule has 2 aromatic rings. The fourth-order valence-electron chi connectivity index (χ4n) is 5.47. The number of aliphatic hydroxyl groups excluding tert-OH is 1. The van der Waals surface area contributed by atoms with Gasteiger partial charge in [-0.3, -0.25) is 14.4 Å². The zero-order valence-electron chi connectivity index (χ0n) is 25.7. The SMILES string of the molecule is C[C@H]1CN([C@@H](C)CO)C(=O)c2cccc(NC(=O)CCCCCC(=O)Nc3ccccc3N)c2O[C@@H]1CN(C)CC1CC1. The minimum Gasteiger partial charge on any atom is -0.486 e. The molecule has 2 aromatic carbocycles. The van der Waals surface area contributed by atoms with Crippen LogP contribution in [-0.4, -0.2) is 78.1 Å². The summed E-state index contributed by atoms with van der Waals surface area (Å²) >= 11 is 0. The van der Waals surface area contributed by atoms with E-state index in [0.29, 0.717) is 67.1 Å². The second kappa shape index (κ2) is 15.2. The molecule has 10 heteroatoms. The topological polar surface area (TPSA) is 137 Å². The van der Waals surface area contributed by atoms with Gasteiger partial charge in [0.05, 0.1) is 35.3 Å². The molecular weight excluding hydrogens is 546 g/mol. The number of aliphatic hydroxyl groups is 1. The maximum Gasteiger partial charge on any atom is 0.258 e. The highest BCUT2D eigenvalue weighted by Gasteiger charge is 2.35. The molecule has 3 atom stereocenters. The van der Waals surface area contributed by atoms with Crippen molar-refractivity contribution in [3.8, 4) is 5.75 Å². The lowest BCUT2D eigenvalue weighted by Gasteiger charge is -2.38. The molecule has 0 spiro atoms. The molecule has 1 heterocycles. The van der Waals surface area contributed by atoms with Gasteiger partial charge in [-0.15, -0.1) is 0 Å². The largest absolute Gasteiger partial charge is 0.486 e. The summed E-state index contributed by atoms with van der Waals surface area (Å²) in [4.78, 5) is 42.9. The molecule has 5 N–H and O–H groups in total. The molecule has 1 saturated carbocycles. The van der Waals surface area contributed by atoms with Gasteiger partial charge in [-0.2, -0.15) is 0 Å². The van der Waals surface area contributed by atoms with E-state index >= 15 is 0 Å². The molecule has 1 aliphatic carbocycles. The van der Waals surface area contributed by atoms with E-state index in [1.54, 1.807) is 35.2 Å². The zero-order chi connectivity index (χ0) is 30.9. The fourth-order valence-corrected chi connectivity index (χ4v) is 5.47. The van der Waals surface area contributed by atoms with Gasteiger partial charge < -0.3 is 36.0 Å². The van der Waals surface area contributed by atoms with E-state index in [-0.39, 0.29) is 48.8 Å². The van der Waals surface area contributed by atoms with Crippen molar-refractivity contribution in [1.82, 2.24) is 9.80 Å². The number of unbranched alkanes of at least 4 members (excludes halogenated alkanes) is 2. The van der Waals surface area contributed by atoms with Crippen LogP contribution in [-0.2, 0) is 9.59 Å². The lowest BCUT2D eigenvalue weighted by molar-refractivity contribution is -0.116. The van der Waals surface area contributed by atoms with Gasteiger partial charge in [0.2, 0.25) is 11.8 Å². The van der Waals surface area contributed by atoms with Crippen molar-refractivity contribution in [3.63, 3.8) is 0 Å². The Morgan fingerprint density at radius 1 is 1.02 bits per heavy atom. The summed E-state index contributed by atoms with van der Waals surface area (Å²) in [5.74, 6) is 0.615. The normalized spacial score (nSPS) is 19.2. The molecule has 0 unspecified atom stereocenters. The first-order valence-electron chi connectivity index (χ1n) is 15.5. The number of likely N-dealkylation sites (N-methyl/N-ethyl adjacent to an activating group) is 1. The van der Waals surface area contributed by atoms with Crippen molar-refractivity contribution in [2.45, 2.75) is 70.9 Å². The number of amides is 3. The average molecular weight is 594 g/mol. The van der Waals surface area contributed by atoms with E-state index in [4.69, 9.17) is 10.5 Å². The number of hydrogen-bond donors (Lipinski definition) is 4. The summed E-state index contributed by atoms with van der Waals surface area (Å²) in [7, 11) is 2.10. The van der Waals surface area contributed by atoms with Crippen LogP contribution < -0.4 is 21.1 Å². The number of ether oxygens (including phenoxy) is 1. The Bertz CT molecular complexity index is 1270. The molecule has 0 radical (unpaired) electrons. The van der Waals surface area contributed by atoms with Crippen LogP contribution in [0, 0.1) is 11.8 Å². The summed E-state index contributed by atoms with van der Waals surface area (Å²) in [5.41, 5.74) is 7.86. The average Bonchev–Trinajstić information content (AvgIpc) is 3.79. The molecule has 3 amide bonds. The number of nitrogens with one attached hydrogen (secondary N) is 2. The van der Waals surface area contributed by atoms with Crippen molar-refractivity contribution in [1.29, 1.82) is 0 Å². The second-order valence-corrected chi connectivity index (χ2v) is 12.2. The number of anilines is 3. The lowest BCUT2D eigenvalue weighted by Crippen LogP contribution is -2.50. The monoisotopic (exact) mass is 593 g/mol. The highest BCUT2D eigenvalue weighted by atomic mass is 16.5. The molecule has 1 fully saturated rings. The zero-order valence-corrected chi connectivity index (χ0v) is 25.7. The molecule has 2 aliphatic rings. The van der Waals surface area contributed by atoms with Crippen LogP contribution >= 0.6 is 0 Å². The van der Waals surface area contributed by atoms with Crippen LogP contribution in [0.15, 0.2) is 42.5 Å². The van der Waals surface area contributed by atoms with Crippen LogP contribution in [0.2, 0.25) is 0 Å². The molecular formula is C33H47N5O5. The number of nitrogen functional groups attached to an aromatic ring is 1. The summed E-state index contributed by atoms with van der Waals surface area (Å²) in [6.45, 7) is 5.94. The van der Waals surface area contributed by atoms with Crippen LogP contribution in [0.1, 0.15) is 69.2 Å². The van der Waals surface area contributed by atoms with Crippen molar-refractivity contribution in [3.05, 3.63) is 48.0 Å². The van der Waals surface area contributed by atoms with Gasteiger partial charge in [0.25, 0.3) is 5.91 Å². The van der Waals surface area contributed by atoms with Gasteiger partial charge in [0.15, 0.2) is 5.75 Å². The third-order valence-electron chi connectivity index (χ3n) is 8.27. The van der Waals surface area contributed by atoms with Crippen LogP contribution in [0.5, 0.6) is 5.75 Å². The number of benzene rings is 2. The van der Waals surface area contributed by atoms with E-state index in [2.05, 4.69) is 29.5 Å². The van der Waals surface area contributed by atoms with Gasteiger partial charge in [0.1, 0.15) is 6.10 Å². The van der Waals surface area contributed by atoms with Crippen molar-refractivity contribution in [2.75, 3.05) is 49.7 Å². The third-order valence-corrected chi connectivity index (χ3v) is 8.27. The van der Waals surface area contributed by atoms with E-state index in [0.717, 1.165) is 12.5 Å². The first kappa shape index (κ1) is 32.3. The van der Waals surface area contributed by atoms with Gasteiger partial charge in [-0.25, -0.2) is 0 Å². The first-order valence-corrected chi connectivity index (χ1v) is 15.5. The molecule has 0 aromatic heterocycles. The van der Waals surface area contributed by atoms with Gasteiger partial charge >= 0.3 is 0 Å². The smallest absolute Gasteiger partial charge is 0.258 e. The predicted octanol–water partition coefficient (Wildman–Crippen LogP) is 4.36. The third kappa shape index (κ3) is 9.18. The number of nitrogens with two attached hydrogens (primary N) is 1. The van der Waals surface area contributed by atoms with E-state index in [1.807, 2.05) is 19.1 Å². The molecule has 0 bridgehead atoms. The minimum absolute atomic E-state index is 0.00652. The number of carbonyl (C=O) groups is 3. The second-order valence-electron chi connectivity index (χ2n) is 12.2. The Hall–Kier alpha value is -3.63. The van der Waals surface area contributed by atoms with Crippen LogP contribution in [0.4, 0.5) is 17.1 Å². The lowest BCUT2D eigenvalue weighted by atomic mass is 9.99. The quantitative estimate of drug-likeness (QED) is 0.189. The van der Waals surface area contributed by atoms with Crippen LogP contribution in [0.25, 0.3) is 0 Å². The summed E-state index contributed by atoms with van der Waals surface area (Å²) in [6, 6.07) is 12.0. The molecule has 0 saturated heterocycles. The Balaban J connectivity index is 1.38. The molecule has 43 heavy (non-hydrogen) atoms. The number of fused-ring (bicyclic) bond motifs is 1. The molecule has 10 nitrogen and oxygen atoms in total. The van der Waals surface area contributed by atoms with Crippen molar-refractivity contribution < 1.29 is 24.2 Å². The van der Waals surface area contributed by atoms with Crippen molar-refractivity contribution in [2.24, 2.45) is 11.8 Å². The highest BCUT2D eigenvalue weighted by molar-refractivity contribution is 6.01.